The highest BCUT2D eigenvalue weighted by Gasteiger charge is 2.31. The summed E-state index contributed by atoms with van der Waals surface area (Å²) in [7, 11) is -7.43. The van der Waals surface area contributed by atoms with E-state index in [0.717, 1.165) is 0 Å². The monoisotopic (exact) mass is 535 g/mol. The van der Waals surface area contributed by atoms with E-state index in [-0.39, 0.29) is 39.2 Å². The summed E-state index contributed by atoms with van der Waals surface area (Å²) in [5, 5.41) is 14.2. The molecule has 4 rings (SSSR count). The number of aryl methyl sites for hydroxylation is 1. The van der Waals surface area contributed by atoms with E-state index in [1.807, 2.05) is 13.8 Å². The molecule has 0 radical (unpaired) electrons. The first-order chi connectivity index (χ1) is 16.9. The lowest BCUT2D eigenvalue weighted by Crippen LogP contribution is -2.32. The number of hydrogen-bond acceptors (Lipinski definition) is 9. The van der Waals surface area contributed by atoms with Crippen LogP contribution in [0.2, 0.25) is 0 Å². The molecular weight excluding hydrogens is 506 g/mol. The number of amidine groups is 1. The van der Waals surface area contributed by atoms with Gasteiger partial charge >= 0.3 is 0 Å². The van der Waals surface area contributed by atoms with Gasteiger partial charge < -0.3 is 10.4 Å². The van der Waals surface area contributed by atoms with Crippen LogP contribution in [0.1, 0.15) is 39.2 Å². The highest BCUT2D eigenvalue weighted by atomic mass is 32.3. The third-order valence-electron chi connectivity index (χ3n) is 5.65. The Morgan fingerprint density at radius 3 is 2.67 bits per heavy atom. The molecule has 2 aromatic heterocycles. The molecule has 194 valence electrons. The molecule has 0 saturated carbocycles. The maximum Gasteiger partial charge on any atom is 0.267 e. The fraction of sp³-hybridized carbons (Fsp3) is 0.348. The van der Waals surface area contributed by atoms with Gasteiger partial charge in [0.25, 0.3) is 5.56 Å². The standard InChI is InChI=1S/C23H29N5O6S2/c1-4-12-35(31,32)26-15-7-8-17-18(13-15)36(33,34)27-21(25-17)19-20(29)16-6-5-10-24-22(16)28(23(19)30)11-9-14(2)3/h5-8,10,13-14,26,29,33-34H,4,9,11-12H2,1-3H3,(H,25,27). The van der Waals surface area contributed by atoms with Crippen LogP contribution in [0.15, 0.2) is 50.6 Å². The zero-order valence-electron chi connectivity index (χ0n) is 20.1. The fourth-order valence-corrected chi connectivity index (χ4v) is 6.24. The summed E-state index contributed by atoms with van der Waals surface area (Å²) >= 11 is 0. The first-order valence-electron chi connectivity index (χ1n) is 11.4. The minimum Gasteiger partial charge on any atom is -0.506 e. The summed E-state index contributed by atoms with van der Waals surface area (Å²) in [6.45, 7) is 6.13. The molecule has 1 aromatic carbocycles. The van der Waals surface area contributed by atoms with Crippen molar-refractivity contribution in [2.75, 3.05) is 15.8 Å². The van der Waals surface area contributed by atoms with E-state index in [4.69, 9.17) is 0 Å². The molecule has 0 saturated heterocycles. The normalized spacial score (nSPS) is 15.8. The fourth-order valence-electron chi connectivity index (χ4n) is 3.92. The number of aromatic hydroxyl groups is 1. The van der Waals surface area contributed by atoms with Crippen LogP contribution in [0.25, 0.3) is 11.0 Å². The van der Waals surface area contributed by atoms with Gasteiger partial charge in [-0.25, -0.2) is 13.4 Å². The third kappa shape index (κ3) is 5.05. The van der Waals surface area contributed by atoms with Gasteiger partial charge in [0.05, 0.1) is 22.5 Å². The average Bonchev–Trinajstić information content (AvgIpc) is 2.78. The number of benzene rings is 1. The average molecular weight is 536 g/mol. The van der Waals surface area contributed by atoms with E-state index >= 15 is 0 Å². The van der Waals surface area contributed by atoms with Gasteiger partial charge in [0.15, 0.2) is 5.84 Å². The number of anilines is 2. The van der Waals surface area contributed by atoms with Crippen molar-refractivity contribution >= 4 is 49.0 Å². The van der Waals surface area contributed by atoms with Crippen LogP contribution in [-0.2, 0) is 16.6 Å². The van der Waals surface area contributed by atoms with Gasteiger partial charge in [-0.05, 0) is 49.1 Å². The molecule has 11 nitrogen and oxygen atoms in total. The molecule has 1 aliphatic heterocycles. The predicted molar refractivity (Wildman–Crippen MR) is 143 cm³/mol. The van der Waals surface area contributed by atoms with Gasteiger partial charge in [-0.3, -0.25) is 23.2 Å². The van der Waals surface area contributed by atoms with E-state index in [1.165, 1.54) is 29.0 Å². The first kappa shape index (κ1) is 25.9. The van der Waals surface area contributed by atoms with Crippen LogP contribution in [0.3, 0.4) is 0 Å². The molecule has 0 unspecified atom stereocenters. The molecule has 0 atom stereocenters. The van der Waals surface area contributed by atoms with E-state index in [0.29, 0.717) is 36.3 Å². The van der Waals surface area contributed by atoms with E-state index < -0.39 is 26.4 Å². The number of hydrogen-bond donors (Lipinski definition) is 5. The number of sulfonamides is 1. The molecule has 3 heterocycles. The van der Waals surface area contributed by atoms with Crippen molar-refractivity contribution in [2.45, 2.75) is 45.1 Å². The van der Waals surface area contributed by atoms with Crippen molar-refractivity contribution in [3.63, 3.8) is 0 Å². The third-order valence-corrected chi connectivity index (χ3v) is 8.51. The second kappa shape index (κ2) is 9.73. The molecule has 0 aliphatic carbocycles. The van der Waals surface area contributed by atoms with Crippen molar-refractivity contribution in [1.82, 2.24) is 9.55 Å². The molecule has 0 amide bonds. The van der Waals surface area contributed by atoms with Crippen molar-refractivity contribution in [3.8, 4) is 5.75 Å². The Kier molecular flexibility index (Phi) is 7.01. The lowest BCUT2D eigenvalue weighted by atomic mass is 10.1. The van der Waals surface area contributed by atoms with Crippen molar-refractivity contribution in [2.24, 2.45) is 10.3 Å². The highest BCUT2D eigenvalue weighted by molar-refractivity contribution is 8.23. The van der Waals surface area contributed by atoms with Gasteiger partial charge in [-0.15, -0.1) is 4.40 Å². The Balaban J connectivity index is 1.82. The number of nitrogens with one attached hydrogen (secondary N) is 2. The van der Waals surface area contributed by atoms with Crippen molar-refractivity contribution < 1.29 is 22.6 Å². The Morgan fingerprint density at radius 2 is 1.97 bits per heavy atom. The molecule has 1 aliphatic rings. The molecule has 0 spiro atoms. The molecular formula is C23H29N5O6S2. The van der Waals surface area contributed by atoms with Gasteiger partial charge in [-0.1, -0.05) is 31.5 Å². The minimum atomic E-state index is -3.84. The summed E-state index contributed by atoms with van der Waals surface area (Å²) in [6, 6.07) is 7.46. The van der Waals surface area contributed by atoms with E-state index in [9.17, 15) is 27.4 Å². The summed E-state index contributed by atoms with van der Waals surface area (Å²) in [6.07, 6.45) is 2.64. The molecule has 13 heteroatoms. The van der Waals surface area contributed by atoms with Crippen LogP contribution < -0.4 is 15.6 Å². The van der Waals surface area contributed by atoms with Crippen LogP contribution >= 0.6 is 10.8 Å². The second-order valence-electron chi connectivity index (χ2n) is 8.95. The molecule has 0 fully saturated rings. The smallest absolute Gasteiger partial charge is 0.267 e. The highest BCUT2D eigenvalue weighted by Crippen LogP contribution is 2.56. The quantitative estimate of drug-likeness (QED) is 0.286. The second-order valence-corrected chi connectivity index (χ2v) is 12.5. The summed E-state index contributed by atoms with van der Waals surface area (Å²) in [5.41, 5.74) is -0.0989. The number of rotatable bonds is 8. The van der Waals surface area contributed by atoms with Gasteiger partial charge in [0.2, 0.25) is 10.0 Å². The number of fused-ring (bicyclic) bond motifs is 2. The Bertz CT molecular complexity index is 1520. The zero-order chi connectivity index (χ0) is 26.3. The van der Waals surface area contributed by atoms with Crippen LogP contribution in [-0.4, -0.2) is 43.8 Å². The van der Waals surface area contributed by atoms with Crippen molar-refractivity contribution in [1.29, 1.82) is 0 Å². The summed E-state index contributed by atoms with van der Waals surface area (Å²) in [4.78, 5) is 17.8. The van der Waals surface area contributed by atoms with Gasteiger partial charge in [0.1, 0.15) is 21.9 Å². The molecule has 36 heavy (non-hydrogen) atoms. The lowest BCUT2D eigenvalue weighted by Gasteiger charge is -2.34. The van der Waals surface area contributed by atoms with Crippen LogP contribution in [0, 0.1) is 5.92 Å². The SMILES string of the molecule is CCCS(=O)(=O)Nc1ccc2c(c1)S(O)(O)N=C(c1c(O)c3cccnc3n(CCC(C)C)c1=O)N2. The lowest BCUT2D eigenvalue weighted by molar-refractivity contribution is 0.473. The number of pyridine rings is 2. The van der Waals surface area contributed by atoms with Gasteiger partial charge in [-0.2, -0.15) is 0 Å². The number of aromatic nitrogens is 2. The zero-order valence-corrected chi connectivity index (χ0v) is 21.7. The Morgan fingerprint density at radius 1 is 1.22 bits per heavy atom. The summed E-state index contributed by atoms with van der Waals surface area (Å²) in [5.74, 6) is -0.355. The first-order valence-corrected chi connectivity index (χ1v) is 14.6. The molecule has 0 bridgehead atoms. The van der Waals surface area contributed by atoms with E-state index in [2.05, 4.69) is 19.4 Å². The summed E-state index contributed by atoms with van der Waals surface area (Å²) < 4.78 is 53.8. The van der Waals surface area contributed by atoms with Crippen molar-refractivity contribution in [3.05, 3.63) is 52.4 Å². The maximum atomic E-state index is 13.5. The van der Waals surface area contributed by atoms with Crippen LogP contribution in [0.4, 0.5) is 11.4 Å². The Hall–Kier alpha value is -3.13. The van der Waals surface area contributed by atoms with Gasteiger partial charge in [0, 0.05) is 12.7 Å². The largest absolute Gasteiger partial charge is 0.506 e. The topological polar surface area (TPSA) is 166 Å². The van der Waals surface area contributed by atoms with Crippen LogP contribution in [0.5, 0.6) is 5.75 Å². The number of nitrogens with zero attached hydrogens (tertiary/aromatic N) is 3. The molecule has 3 aromatic rings. The van der Waals surface area contributed by atoms with E-state index in [1.54, 1.807) is 19.1 Å². The maximum absolute atomic E-state index is 13.5. The Labute approximate surface area is 210 Å². The predicted octanol–water partition coefficient (Wildman–Crippen LogP) is 4.20. The minimum absolute atomic E-state index is 0.0370. The molecule has 5 N–H and O–H groups in total.